The van der Waals surface area contributed by atoms with E-state index >= 15 is 0 Å². The summed E-state index contributed by atoms with van der Waals surface area (Å²) in [5.74, 6) is 6.56. The number of thiazole rings is 1. The number of nitrogen functional groups attached to an aromatic ring is 1. The van der Waals surface area contributed by atoms with E-state index in [1.54, 1.807) is 17.5 Å². The molecular weight excluding hydrogens is 316 g/mol. The lowest BCUT2D eigenvalue weighted by Crippen LogP contribution is -2.28. The summed E-state index contributed by atoms with van der Waals surface area (Å²) in [6, 6.07) is 0. The summed E-state index contributed by atoms with van der Waals surface area (Å²) in [7, 11) is 0. The van der Waals surface area contributed by atoms with Gasteiger partial charge in [-0.1, -0.05) is 0 Å². The molecule has 0 saturated carbocycles. The van der Waals surface area contributed by atoms with E-state index in [4.69, 9.17) is 5.84 Å². The number of nitrogens with one attached hydrogen (secondary N) is 2. The Bertz CT molecular complexity index is 527. The maximum absolute atomic E-state index is 5.37. The lowest BCUT2D eigenvalue weighted by molar-refractivity contribution is 0.600. The van der Waals surface area contributed by atoms with Gasteiger partial charge in [0.05, 0.1) is 5.54 Å². The second-order valence-electron chi connectivity index (χ2n) is 4.12. The van der Waals surface area contributed by atoms with Crippen molar-refractivity contribution in [1.29, 1.82) is 0 Å². The number of aromatic nitrogens is 3. The zero-order valence-electron chi connectivity index (χ0n) is 9.94. The summed E-state index contributed by atoms with van der Waals surface area (Å²) in [4.78, 5) is 12.5. The highest BCUT2D eigenvalue weighted by molar-refractivity contribution is 9.10. The van der Waals surface area contributed by atoms with Crippen LogP contribution in [0.4, 0.5) is 11.6 Å². The molecule has 96 valence electrons. The Morgan fingerprint density at radius 2 is 2.00 bits per heavy atom. The van der Waals surface area contributed by atoms with Crippen LogP contribution in [0.1, 0.15) is 18.9 Å². The molecule has 2 aromatic heterocycles. The normalized spacial score (nSPS) is 11.3. The van der Waals surface area contributed by atoms with Crippen molar-refractivity contribution in [3.63, 3.8) is 0 Å². The lowest BCUT2D eigenvalue weighted by Gasteiger charge is -2.25. The minimum absolute atomic E-state index is 0.323. The molecule has 8 heteroatoms. The Balaban J connectivity index is 2.29. The third-order valence-corrected chi connectivity index (χ3v) is 4.17. The number of halogens is 1. The first-order chi connectivity index (χ1) is 8.54. The summed E-state index contributed by atoms with van der Waals surface area (Å²) < 4.78 is 0.692. The minimum Gasteiger partial charge on any atom is -0.358 e. The fraction of sp³-hybridized carbons (Fsp3) is 0.300. The summed E-state index contributed by atoms with van der Waals surface area (Å²) in [5.41, 5.74) is 2.18. The van der Waals surface area contributed by atoms with Crippen LogP contribution in [0.5, 0.6) is 0 Å². The molecule has 0 unspecified atom stereocenters. The van der Waals surface area contributed by atoms with Gasteiger partial charge in [0.1, 0.15) is 21.6 Å². The highest BCUT2D eigenvalue weighted by atomic mass is 79.9. The lowest BCUT2D eigenvalue weighted by atomic mass is 10.1. The number of hydrogen-bond donors (Lipinski definition) is 3. The second-order valence-corrected chi connectivity index (χ2v) is 5.80. The summed E-state index contributed by atoms with van der Waals surface area (Å²) in [5, 5.41) is 6.24. The molecule has 0 radical (unpaired) electrons. The van der Waals surface area contributed by atoms with E-state index in [0.717, 1.165) is 5.01 Å². The van der Waals surface area contributed by atoms with Crippen molar-refractivity contribution >= 4 is 38.9 Å². The number of hydrogen-bond acceptors (Lipinski definition) is 7. The Hall–Kier alpha value is -1.25. The van der Waals surface area contributed by atoms with E-state index in [-0.39, 0.29) is 5.54 Å². The predicted octanol–water partition coefficient (Wildman–Crippen LogP) is 2.33. The molecule has 18 heavy (non-hydrogen) atoms. The fourth-order valence-electron chi connectivity index (χ4n) is 1.44. The fourth-order valence-corrected chi connectivity index (χ4v) is 2.58. The van der Waals surface area contributed by atoms with Gasteiger partial charge in [0.2, 0.25) is 0 Å². The molecule has 0 aliphatic carbocycles. The van der Waals surface area contributed by atoms with Crippen molar-refractivity contribution in [1.82, 2.24) is 15.0 Å². The third kappa shape index (κ3) is 2.60. The van der Waals surface area contributed by atoms with Crippen LogP contribution >= 0.6 is 27.3 Å². The van der Waals surface area contributed by atoms with Gasteiger partial charge in [-0.15, -0.1) is 11.3 Å². The second kappa shape index (κ2) is 5.17. The number of anilines is 2. The molecule has 2 rings (SSSR count). The van der Waals surface area contributed by atoms with Crippen LogP contribution in [0.15, 0.2) is 22.4 Å². The third-order valence-electron chi connectivity index (χ3n) is 2.32. The first kappa shape index (κ1) is 13.2. The molecule has 0 bridgehead atoms. The zero-order chi connectivity index (χ0) is 13.2. The maximum Gasteiger partial charge on any atom is 0.159 e. The molecule has 0 amide bonds. The Morgan fingerprint density at radius 1 is 1.28 bits per heavy atom. The molecular formula is C10H13BrN6S. The predicted molar refractivity (Wildman–Crippen MR) is 76.3 cm³/mol. The summed E-state index contributed by atoms with van der Waals surface area (Å²) >= 11 is 5.00. The number of nitrogens with two attached hydrogens (primary N) is 1. The van der Waals surface area contributed by atoms with E-state index in [1.807, 2.05) is 19.2 Å². The van der Waals surface area contributed by atoms with Gasteiger partial charge in [-0.2, -0.15) is 0 Å². The largest absolute Gasteiger partial charge is 0.358 e. The summed E-state index contributed by atoms with van der Waals surface area (Å²) in [6.45, 7) is 4.08. The molecule has 2 aromatic rings. The first-order valence-electron chi connectivity index (χ1n) is 5.20. The Kier molecular flexibility index (Phi) is 3.79. The monoisotopic (exact) mass is 328 g/mol. The van der Waals surface area contributed by atoms with Crippen molar-refractivity contribution in [3.8, 4) is 0 Å². The number of nitrogens with zero attached hydrogens (tertiary/aromatic N) is 3. The van der Waals surface area contributed by atoms with Crippen LogP contribution < -0.4 is 16.6 Å². The van der Waals surface area contributed by atoms with Crippen molar-refractivity contribution in [2.75, 3.05) is 10.7 Å². The van der Waals surface area contributed by atoms with Crippen LogP contribution in [-0.4, -0.2) is 15.0 Å². The van der Waals surface area contributed by atoms with E-state index in [9.17, 15) is 0 Å². The van der Waals surface area contributed by atoms with Crippen molar-refractivity contribution in [2.45, 2.75) is 19.4 Å². The smallest absolute Gasteiger partial charge is 0.159 e. The quantitative estimate of drug-likeness (QED) is 0.589. The Labute approximate surface area is 117 Å². The van der Waals surface area contributed by atoms with Gasteiger partial charge in [-0.3, -0.25) is 0 Å². The topological polar surface area (TPSA) is 88.8 Å². The molecule has 0 atom stereocenters. The molecule has 0 spiro atoms. The van der Waals surface area contributed by atoms with Crippen molar-refractivity contribution < 1.29 is 0 Å². The van der Waals surface area contributed by atoms with Gasteiger partial charge >= 0.3 is 0 Å². The van der Waals surface area contributed by atoms with E-state index in [1.165, 1.54) is 6.33 Å². The average molecular weight is 329 g/mol. The SMILES string of the molecule is CC(C)(Nc1ncnc(NN)c1Br)c1nccs1. The van der Waals surface area contributed by atoms with Gasteiger partial charge < -0.3 is 10.7 Å². The number of rotatable bonds is 4. The standard InChI is InChI=1S/C10H13BrN6S/c1-10(2,9-13-3-4-18-9)16-7-6(11)8(17-12)15-5-14-7/h3-5H,12H2,1-2H3,(H2,14,15,16,17). The minimum atomic E-state index is -0.323. The molecule has 2 heterocycles. The van der Waals surface area contributed by atoms with Gasteiger partial charge in [0, 0.05) is 11.6 Å². The van der Waals surface area contributed by atoms with Crippen LogP contribution in [0.25, 0.3) is 0 Å². The Morgan fingerprint density at radius 3 is 2.61 bits per heavy atom. The van der Waals surface area contributed by atoms with E-state index in [2.05, 4.69) is 41.6 Å². The molecule has 0 aromatic carbocycles. The highest BCUT2D eigenvalue weighted by Gasteiger charge is 2.25. The van der Waals surface area contributed by atoms with Crippen molar-refractivity contribution in [2.24, 2.45) is 5.84 Å². The first-order valence-corrected chi connectivity index (χ1v) is 6.87. The molecule has 0 saturated heterocycles. The van der Waals surface area contributed by atoms with Gasteiger partial charge in [-0.25, -0.2) is 20.8 Å². The van der Waals surface area contributed by atoms with Crippen LogP contribution in [-0.2, 0) is 5.54 Å². The van der Waals surface area contributed by atoms with E-state index in [0.29, 0.717) is 16.1 Å². The average Bonchev–Trinajstić information content (AvgIpc) is 2.86. The van der Waals surface area contributed by atoms with Crippen LogP contribution in [0.2, 0.25) is 0 Å². The molecule has 0 fully saturated rings. The van der Waals surface area contributed by atoms with Crippen LogP contribution in [0, 0.1) is 0 Å². The summed E-state index contributed by atoms with van der Waals surface area (Å²) in [6.07, 6.45) is 3.23. The van der Waals surface area contributed by atoms with Crippen molar-refractivity contribution in [3.05, 3.63) is 27.4 Å². The zero-order valence-corrected chi connectivity index (χ0v) is 12.3. The highest BCUT2D eigenvalue weighted by Crippen LogP contribution is 2.32. The maximum atomic E-state index is 5.37. The molecule has 6 nitrogen and oxygen atoms in total. The van der Waals surface area contributed by atoms with Gasteiger partial charge in [0.15, 0.2) is 5.82 Å². The van der Waals surface area contributed by atoms with Gasteiger partial charge in [0.25, 0.3) is 0 Å². The van der Waals surface area contributed by atoms with E-state index < -0.39 is 0 Å². The van der Waals surface area contributed by atoms with Gasteiger partial charge in [-0.05, 0) is 29.8 Å². The molecule has 4 N–H and O–H groups in total. The van der Waals surface area contributed by atoms with Crippen LogP contribution in [0.3, 0.4) is 0 Å². The number of hydrazine groups is 1. The molecule has 0 aliphatic rings. The molecule has 0 aliphatic heterocycles.